The number of H-pyrrole nitrogens is 1. The van der Waals surface area contributed by atoms with Crippen LogP contribution in [-0.4, -0.2) is 86.5 Å². The molecule has 2 amide bonds. The lowest BCUT2D eigenvalue weighted by molar-refractivity contribution is 0.0498. The first-order chi connectivity index (χ1) is 25.8. The van der Waals surface area contributed by atoms with Gasteiger partial charge in [0.05, 0.1) is 30.8 Å². The number of rotatable bonds is 11. The average molecular weight is 990 g/mol. The van der Waals surface area contributed by atoms with Crippen molar-refractivity contribution in [3.8, 4) is 22.5 Å². The molecule has 0 spiro atoms. The van der Waals surface area contributed by atoms with Crippen LogP contribution < -0.4 is 10.6 Å². The number of nitrogens with zero attached hydrogens (tertiary/aromatic N) is 3. The zero-order chi connectivity index (χ0) is 41.2. The highest BCUT2D eigenvalue weighted by Crippen LogP contribution is 2.22. The number of alkyl carbamates (subject to hydrolysis) is 2. The maximum Gasteiger partial charge on any atom is 0.407 e. The summed E-state index contributed by atoms with van der Waals surface area (Å²) < 4.78 is 23.8. The number of carbonyl (C=O) groups is 4. The number of esters is 2. The number of carbonyl (C=O) groups excluding carboxylic acids is 4. The summed E-state index contributed by atoms with van der Waals surface area (Å²) >= 11 is 9.95. The molecule has 0 radical (unpaired) electrons. The molecular weight excluding hydrogens is 932 g/mol. The number of amides is 2. The number of nitrogens with one attached hydrogen (secondary N) is 3. The van der Waals surface area contributed by atoms with Crippen molar-refractivity contribution in [1.29, 1.82) is 0 Å². The molecule has 0 aliphatic carbocycles. The summed E-state index contributed by atoms with van der Waals surface area (Å²) in [6, 6.07) is 15.4. The Balaban J connectivity index is 0.000000896. The standard InChI is InChI=1S/C19H24BrN3O4.C12H11BrN2O2.C7H14BrNO2.2CH4/c1-5-26-17(24)16-22-15(13-6-8-14(20)9-7-13)12-23(16)11-10-21-18(25)27-19(2,3)4;1-2-17-12(16)11-14-7-10(15-11)8-3-5-9(13)6-4-8;1-7(2,3)11-6(10)9-5-4-8;;/h6-9,12H,5,10-11H2,1-4H3,(H,21,25);3-7H,2H2,1H3,(H,14,15);4-5H2,1-3H3,(H,9,10);2*1H4. The highest BCUT2D eigenvalue weighted by atomic mass is 79.9. The highest BCUT2D eigenvalue weighted by Gasteiger charge is 2.20. The van der Waals surface area contributed by atoms with Crippen molar-refractivity contribution in [2.45, 2.75) is 88.0 Å². The highest BCUT2D eigenvalue weighted by molar-refractivity contribution is 9.10. The molecule has 0 aliphatic rings. The van der Waals surface area contributed by atoms with E-state index in [1.807, 2.05) is 69.3 Å². The third-order valence-electron chi connectivity index (χ3n) is 6.36. The van der Waals surface area contributed by atoms with Crippen molar-refractivity contribution in [3.05, 3.63) is 81.5 Å². The molecule has 0 fully saturated rings. The fraction of sp³-hybridized carbons (Fsp3) is 0.450. The molecule has 0 bridgehead atoms. The van der Waals surface area contributed by atoms with Crippen LogP contribution in [0.2, 0.25) is 0 Å². The Morgan fingerprint density at radius 2 is 1.21 bits per heavy atom. The molecule has 4 aromatic rings. The van der Waals surface area contributed by atoms with Gasteiger partial charge in [0.25, 0.3) is 0 Å². The normalized spacial score (nSPS) is 10.4. The number of aromatic nitrogens is 4. The van der Waals surface area contributed by atoms with Crippen molar-refractivity contribution >= 4 is 71.9 Å². The number of aromatic amines is 1. The van der Waals surface area contributed by atoms with Crippen LogP contribution in [0.4, 0.5) is 9.59 Å². The van der Waals surface area contributed by atoms with Crippen LogP contribution in [0.5, 0.6) is 0 Å². The first-order valence-electron chi connectivity index (χ1n) is 17.3. The van der Waals surface area contributed by atoms with E-state index in [-0.39, 0.29) is 45.7 Å². The van der Waals surface area contributed by atoms with E-state index in [0.29, 0.717) is 25.4 Å². The quantitative estimate of drug-likeness (QED) is 0.0745. The minimum absolute atomic E-state index is 0. The molecule has 3 N–H and O–H groups in total. The van der Waals surface area contributed by atoms with Crippen LogP contribution in [0.1, 0.15) is 91.5 Å². The fourth-order valence-electron chi connectivity index (χ4n) is 4.16. The smallest absolute Gasteiger partial charge is 0.407 e. The van der Waals surface area contributed by atoms with E-state index >= 15 is 0 Å². The van der Waals surface area contributed by atoms with Crippen molar-refractivity contribution in [3.63, 3.8) is 0 Å². The van der Waals surface area contributed by atoms with Gasteiger partial charge in [-0.1, -0.05) is 86.9 Å². The maximum atomic E-state index is 12.2. The summed E-state index contributed by atoms with van der Waals surface area (Å²) in [6.45, 7) is 16.2. The molecule has 0 aliphatic heterocycles. The SMILES string of the molecule is C.C.CC(C)(C)OC(=O)NCCBr.CCOC(=O)c1nc(-c2ccc(Br)cc2)cn1CCNC(=O)OC(C)(C)C.CCOC(=O)c1ncc(-c2ccc(Br)cc2)[nH]1. The first-order valence-corrected chi connectivity index (χ1v) is 20.0. The lowest BCUT2D eigenvalue weighted by Crippen LogP contribution is -2.34. The lowest BCUT2D eigenvalue weighted by Gasteiger charge is -2.19. The summed E-state index contributed by atoms with van der Waals surface area (Å²) in [5, 5.41) is 6.00. The predicted octanol–water partition coefficient (Wildman–Crippen LogP) is 10.2. The van der Waals surface area contributed by atoms with Gasteiger partial charge in [-0.25, -0.2) is 29.1 Å². The molecule has 57 heavy (non-hydrogen) atoms. The zero-order valence-corrected chi connectivity index (χ0v) is 37.0. The molecule has 4 rings (SSSR count). The minimum Gasteiger partial charge on any atom is -0.460 e. The predicted molar refractivity (Wildman–Crippen MR) is 235 cm³/mol. The van der Waals surface area contributed by atoms with Gasteiger partial charge in [-0.15, -0.1) is 0 Å². The molecule has 0 saturated carbocycles. The van der Waals surface area contributed by atoms with Gasteiger partial charge in [0, 0.05) is 45.7 Å². The third-order valence-corrected chi connectivity index (χ3v) is 7.81. The van der Waals surface area contributed by atoms with Gasteiger partial charge in [-0.2, -0.15) is 0 Å². The van der Waals surface area contributed by atoms with Crippen molar-refractivity contribution in [2.75, 3.05) is 31.6 Å². The maximum absolute atomic E-state index is 12.2. The van der Waals surface area contributed by atoms with Crippen molar-refractivity contribution in [1.82, 2.24) is 30.2 Å². The second-order valence-electron chi connectivity index (χ2n) is 13.3. The number of imidazole rings is 2. The average Bonchev–Trinajstić information content (AvgIpc) is 3.76. The summed E-state index contributed by atoms with van der Waals surface area (Å²) in [5.41, 5.74) is 2.32. The van der Waals surface area contributed by atoms with Crippen LogP contribution in [0, 0.1) is 0 Å². The molecule has 0 unspecified atom stereocenters. The van der Waals surface area contributed by atoms with Gasteiger partial charge in [-0.3, -0.25) is 0 Å². The van der Waals surface area contributed by atoms with Crippen molar-refractivity contribution in [2.24, 2.45) is 0 Å². The number of hydrogen-bond donors (Lipinski definition) is 3. The van der Waals surface area contributed by atoms with Gasteiger partial charge >= 0.3 is 24.1 Å². The van der Waals surface area contributed by atoms with Gasteiger partial charge in [-0.05, 0) is 85.2 Å². The Bertz CT molecular complexity index is 1820. The molecule has 0 saturated heterocycles. The Hall–Kier alpha value is -4.22. The largest absolute Gasteiger partial charge is 0.460 e. The van der Waals surface area contributed by atoms with E-state index in [1.54, 1.807) is 51.6 Å². The number of benzene rings is 2. The number of hydrogen-bond acceptors (Lipinski definition) is 10. The monoisotopic (exact) mass is 986 g/mol. The molecule has 316 valence electrons. The number of alkyl halides is 1. The van der Waals surface area contributed by atoms with Gasteiger partial charge in [0.15, 0.2) is 0 Å². The van der Waals surface area contributed by atoms with E-state index in [4.69, 9.17) is 18.9 Å². The minimum atomic E-state index is -0.566. The number of halogens is 3. The summed E-state index contributed by atoms with van der Waals surface area (Å²) in [7, 11) is 0. The van der Waals surface area contributed by atoms with Crippen LogP contribution >= 0.6 is 47.8 Å². The molecule has 2 heterocycles. The van der Waals surface area contributed by atoms with Crippen LogP contribution in [-0.2, 0) is 25.5 Å². The molecule has 14 nitrogen and oxygen atoms in total. The summed E-state index contributed by atoms with van der Waals surface area (Å²) in [5.74, 6) is -0.514. The fourth-order valence-corrected chi connectivity index (χ4v) is 4.89. The van der Waals surface area contributed by atoms with Crippen LogP contribution in [0.25, 0.3) is 22.5 Å². The number of ether oxygens (including phenoxy) is 4. The molecule has 2 aromatic heterocycles. The summed E-state index contributed by atoms with van der Waals surface area (Å²) in [6.07, 6.45) is 2.52. The lowest BCUT2D eigenvalue weighted by atomic mass is 10.2. The molecule has 0 atom stereocenters. The Labute approximate surface area is 362 Å². The molecule has 17 heteroatoms. The second-order valence-corrected chi connectivity index (χ2v) is 15.9. The van der Waals surface area contributed by atoms with E-state index in [1.165, 1.54) is 0 Å². The Morgan fingerprint density at radius 3 is 1.68 bits per heavy atom. The van der Waals surface area contributed by atoms with Gasteiger partial charge in [0.1, 0.15) is 11.2 Å². The van der Waals surface area contributed by atoms with Gasteiger partial charge < -0.3 is 39.1 Å². The van der Waals surface area contributed by atoms with Crippen LogP contribution in [0.15, 0.2) is 69.9 Å². The Kier molecular flexibility index (Phi) is 24.0. The molecular formula is C40H57Br3N6O8. The van der Waals surface area contributed by atoms with Gasteiger partial charge in [0.2, 0.25) is 11.6 Å². The topological polar surface area (TPSA) is 176 Å². The second kappa shape index (κ2) is 25.9. The van der Waals surface area contributed by atoms with E-state index in [2.05, 4.69) is 73.4 Å². The van der Waals surface area contributed by atoms with E-state index in [0.717, 1.165) is 31.1 Å². The third kappa shape index (κ3) is 20.7. The molecule has 2 aromatic carbocycles. The van der Waals surface area contributed by atoms with Crippen molar-refractivity contribution < 1.29 is 38.1 Å². The van der Waals surface area contributed by atoms with Crippen LogP contribution in [0.3, 0.4) is 0 Å². The Morgan fingerprint density at radius 1 is 0.737 bits per heavy atom. The van der Waals surface area contributed by atoms with E-state index in [9.17, 15) is 19.2 Å². The van der Waals surface area contributed by atoms with E-state index < -0.39 is 29.2 Å². The first kappa shape index (κ1) is 52.8. The summed E-state index contributed by atoms with van der Waals surface area (Å²) in [4.78, 5) is 57.6. The zero-order valence-electron chi connectivity index (χ0n) is 32.3.